The van der Waals surface area contributed by atoms with E-state index in [0.717, 1.165) is 17.7 Å². The third-order valence-electron chi connectivity index (χ3n) is 4.99. The molecule has 1 unspecified atom stereocenters. The van der Waals surface area contributed by atoms with Gasteiger partial charge in [0.15, 0.2) is 0 Å². The molecule has 2 amide bonds. The summed E-state index contributed by atoms with van der Waals surface area (Å²) < 4.78 is 0. The zero-order chi connectivity index (χ0) is 19.8. The molecule has 0 saturated heterocycles. The summed E-state index contributed by atoms with van der Waals surface area (Å²) in [5.41, 5.74) is 0.466. The van der Waals surface area contributed by atoms with Gasteiger partial charge in [-0.05, 0) is 25.0 Å². The van der Waals surface area contributed by atoms with Crippen LogP contribution in [0.5, 0.6) is 0 Å². The van der Waals surface area contributed by atoms with Crippen LogP contribution in [0.15, 0.2) is 29.2 Å². The van der Waals surface area contributed by atoms with Gasteiger partial charge in [-0.25, -0.2) is 0 Å². The first-order chi connectivity index (χ1) is 12.9. The normalized spacial score (nSPS) is 15.8. The molecule has 0 aromatic heterocycles. The third kappa shape index (κ3) is 6.27. The molecule has 1 aliphatic rings. The van der Waals surface area contributed by atoms with Crippen molar-refractivity contribution >= 4 is 29.5 Å². The molecule has 2 rings (SSSR count). The van der Waals surface area contributed by atoms with Crippen LogP contribution in [0.1, 0.15) is 49.4 Å². The molecule has 7 heteroatoms. The second kappa shape index (κ2) is 10.3. The van der Waals surface area contributed by atoms with Crippen molar-refractivity contribution in [3.05, 3.63) is 29.8 Å². The van der Waals surface area contributed by atoms with Gasteiger partial charge in [0.05, 0.1) is 17.2 Å². The zero-order valence-electron chi connectivity index (χ0n) is 15.9. The van der Waals surface area contributed by atoms with Gasteiger partial charge >= 0.3 is 5.97 Å². The Labute approximate surface area is 164 Å². The highest BCUT2D eigenvalue weighted by Gasteiger charge is 2.22. The number of hydrogen-bond donors (Lipinski definition) is 2. The highest BCUT2D eigenvalue weighted by molar-refractivity contribution is 8.00. The first-order valence-corrected chi connectivity index (χ1v) is 10.4. The summed E-state index contributed by atoms with van der Waals surface area (Å²) in [7, 11) is 1.87. The fourth-order valence-corrected chi connectivity index (χ4v) is 4.10. The predicted octanol–water partition coefficient (Wildman–Crippen LogP) is 3.02. The highest BCUT2D eigenvalue weighted by Crippen LogP contribution is 2.25. The van der Waals surface area contributed by atoms with E-state index in [1.54, 1.807) is 19.1 Å². The van der Waals surface area contributed by atoms with Gasteiger partial charge in [-0.15, -0.1) is 11.8 Å². The molecule has 1 aromatic carbocycles. The van der Waals surface area contributed by atoms with E-state index in [1.807, 2.05) is 24.1 Å². The Morgan fingerprint density at radius 2 is 1.89 bits per heavy atom. The lowest BCUT2D eigenvalue weighted by molar-refractivity contribution is -0.140. The van der Waals surface area contributed by atoms with E-state index in [-0.39, 0.29) is 24.1 Å². The van der Waals surface area contributed by atoms with E-state index in [9.17, 15) is 14.4 Å². The Balaban J connectivity index is 1.93. The molecule has 1 aromatic rings. The first kappa shape index (κ1) is 21.3. The molecule has 1 atom stereocenters. The molecule has 27 heavy (non-hydrogen) atoms. The van der Waals surface area contributed by atoms with Crippen LogP contribution >= 0.6 is 11.8 Å². The van der Waals surface area contributed by atoms with Gasteiger partial charge in [0.25, 0.3) is 5.91 Å². The van der Waals surface area contributed by atoms with Crippen molar-refractivity contribution in [1.29, 1.82) is 0 Å². The summed E-state index contributed by atoms with van der Waals surface area (Å²) in [6.07, 6.45) is 5.72. The molecule has 148 valence electrons. The molecule has 2 N–H and O–H groups in total. The molecule has 0 aliphatic heterocycles. The monoisotopic (exact) mass is 392 g/mol. The number of nitrogens with zero attached hydrogens (tertiary/aromatic N) is 1. The number of carbonyl (C=O) groups excluding carboxylic acids is 2. The lowest BCUT2D eigenvalue weighted by atomic mass is 9.94. The summed E-state index contributed by atoms with van der Waals surface area (Å²) in [6, 6.07) is 7.42. The number of hydrogen-bond acceptors (Lipinski definition) is 4. The molecule has 0 heterocycles. The highest BCUT2D eigenvalue weighted by atomic mass is 32.2. The number of carboxylic acid groups (broad SMARTS) is 1. The lowest BCUT2D eigenvalue weighted by Gasteiger charge is -2.31. The fraction of sp³-hybridized carbons (Fsp3) is 0.550. The number of amides is 2. The van der Waals surface area contributed by atoms with E-state index in [2.05, 4.69) is 5.32 Å². The van der Waals surface area contributed by atoms with Gasteiger partial charge in [0, 0.05) is 24.5 Å². The number of carboxylic acids is 1. The molecule has 1 aliphatic carbocycles. The van der Waals surface area contributed by atoms with E-state index in [1.165, 1.54) is 31.0 Å². The van der Waals surface area contributed by atoms with Crippen molar-refractivity contribution in [3.63, 3.8) is 0 Å². The second-order valence-corrected chi connectivity index (χ2v) is 8.05. The standard InChI is InChI=1S/C20H28N2O4S/c1-14(20(25)26)12-21-19(24)16-10-6-7-11-17(16)27-13-18(23)22(2)15-8-4-3-5-9-15/h6-7,10-11,14-15H,3-5,8-9,12-13H2,1-2H3,(H,21,24)(H,25,26). The van der Waals surface area contributed by atoms with Crippen molar-refractivity contribution in [1.82, 2.24) is 10.2 Å². The van der Waals surface area contributed by atoms with Gasteiger partial charge in [-0.2, -0.15) is 0 Å². The fourth-order valence-electron chi connectivity index (χ4n) is 3.12. The summed E-state index contributed by atoms with van der Waals surface area (Å²) in [5.74, 6) is -1.57. The van der Waals surface area contributed by atoms with Crippen LogP contribution in [0.3, 0.4) is 0 Å². The van der Waals surface area contributed by atoms with Gasteiger partial charge in [-0.3, -0.25) is 14.4 Å². The predicted molar refractivity (Wildman–Crippen MR) is 106 cm³/mol. The molecular weight excluding hydrogens is 364 g/mol. The van der Waals surface area contributed by atoms with Crippen molar-refractivity contribution in [2.45, 2.75) is 50.0 Å². The average molecular weight is 393 g/mol. The smallest absolute Gasteiger partial charge is 0.308 e. The number of aliphatic carboxylic acids is 1. The number of carbonyl (C=O) groups is 3. The van der Waals surface area contributed by atoms with Crippen molar-refractivity contribution in [3.8, 4) is 0 Å². The number of thioether (sulfide) groups is 1. The third-order valence-corrected chi connectivity index (χ3v) is 6.05. The molecule has 0 spiro atoms. The van der Waals surface area contributed by atoms with E-state index < -0.39 is 11.9 Å². The van der Waals surface area contributed by atoms with Crippen LogP contribution in [0.25, 0.3) is 0 Å². The molecule has 1 fully saturated rings. The largest absolute Gasteiger partial charge is 0.481 e. The lowest BCUT2D eigenvalue weighted by Crippen LogP contribution is -2.39. The summed E-state index contributed by atoms with van der Waals surface area (Å²) in [4.78, 5) is 38.4. The maximum Gasteiger partial charge on any atom is 0.308 e. The summed E-state index contributed by atoms with van der Waals surface area (Å²) in [6.45, 7) is 1.61. The van der Waals surface area contributed by atoms with E-state index >= 15 is 0 Å². The van der Waals surface area contributed by atoms with Crippen LogP contribution in [0.4, 0.5) is 0 Å². The van der Waals surface area contributed by atoms with Crippen LogP contribution < -0.4 is 5.32 Å². The van der Waals surface area contributed by atoms with E-state index in [4.69, 9.17) is 5.11 Å². The number of nitrogens with one attached hydrogen (secondary N) is 1. The quantitative estimate of drug-likeness (QED) is 0.664. The second-order valence-electron chi connectivity index (χ2n) is 7.03. The minimum absolute atomic E-state index is 0.0660. The topological polar surface area (TPSA) is 86.7 Å². The average Bonchev–Trinajstić information content (AvgIpc) is 2.70. The molecule has 1 saturated carbocycles. The molecule has 6 nitrogen and oxygen atoms in total. The zero-order valence-corrected chi connectivity index (χ0v) is 16.8. The molecule has 0 bridgehead atoms. The van der Waals surface area contributed by atoms with Crippen LogP contribution in [-0.2, 0) is 9.59 Å². The maximum absolute atomic E-state index is 12.5. The first-order valence-electron chi connectivity index (χ1n) is 9.38. The van der Waals surface area contributed by atoms with Crippen molar-refractivity contribution < 1.29 is 19.5 Å². The Morgan fingerprint density at radius 3 is 2.56 bits per heavy atom. The van der Waals surface area contributed by atoms with E-state index in [0.29, 0.717) is 11.6 Å². The Morgan fingerprint density at radius 1 is 1.22 bits per heavy atom. The number of benzene rings is 1. The van der Waals surface area contributed by atoms with Gasteiger partial charge in [0.2, 0.25) is 5.91 Å². The summed E-state index contributed by atoms with van der Waals surface area (Å²) in [5, 5.41) is 11.6. The van der Waals surface area contributed by atoms with Gasteiger partial charge in [0.1, 0.15) is 0 Å². The molecular formula is C20H28N2O4S. The van der Waals surface area contributed by atoms with Gasteiger partial charge in [-0.1, -0.05) is 38.3 Å². The van der Waals surface area contributed by atoms with Crippen molar-refractivity contribution in [2.24, 2.45) is 5.92 Å². The Bertz CT molecular complexity index is 674. The van der Waals surface area contributed by atoms with Crippen LogP contribution in [0.2, 0.25) is 0 Å². The SMILES string of the molecule is CC(CNC(=O)c1ccccc1SCC(=O)N(C)C1CCCCC1)C(=O)O. The minimum atomic E-state index is -0.950. The number of rotatable bonds is 8. The van der Waals surface area contributed by atoms with Crippen LogP contribution in [-0.4, -0.2) is 53.2 Å². The summed E-state index contributed by atoms with van der Waals surface area (Å²) >= 11 is 1.35. The van der Waals surface area contributed by atoms with Crippen LogP contribution in [0, 0.1) is 5.92 Å². The minimum Gasteiger partial charge on any atom is -0.481 e. The molecule has 0 radical (unpaired) electrons. The Kier molecular flexibility index (Phi) is 8.16. The van der Waals surface area contributed by atoms with Crippen molar-refractivity contribution in [2.75, 3.05) is 19.3 Å². The Hall–Kier alpha value is -2.02. The maximum atomic E-state index is 12.5. The van der Waals surface area contributed by atoms with Gasteiger partial charge < -0.3 is 15.3 Å².